The van der Waals surface area contributed by atoms with Crippen LogP contribution in [0.4, 0.5) is 9.18 Å². The summed E-state index contributed by atoms with van der Waals surface area (Å²) in [7, 11) is 2.71. The first-order valence-electron chi connectivity index (χ1n) is 29.9. The number of rotatable bonds is 21. The maximum absolute atomic E-state index is 15.1. The minimum Gasteiger partial charge on any atom is -0.459 e. The summed E-state index contributed by atoms with van der Waals surface area (Å²) in [5, 5.41) is 71.1. The highest BCUT2D eigenvalue weighted by Crippen LogP contribution is 2.41. The maximum Gasteiger partial charge on any atom is 0.407 e. The second kappa shape index (κ2) is 30.5. The number of aliphatic hydroxyl groups excluding tert-OH is 3. The number of esters is 1. The molecular formula is C61H97FN6O17S. The lowest BCUT2D eigenvalue weighted by Crippen LogP contribution is -2.61. The molecule has 6 N–H and O–H groups in total. The molecule has 3 aliphatic rings. The monoisotopic (exact) mass is 1240 g/mol. The van der Waals surface area contributed by atoms with Crippen molar-refractivity contribution in [2.75, 3.05) is 60.4 Å². The van der Waals surface area contributed by atoms with Crippen LogP contribution < -0.4 is 5.32 Å². The number of likely N-dealkylation sites (N-methyl/N-ethyl adjacent to an activating group) is 2. The number of halogens is 1. The van der Waals surface area contributed by atoms with Gasteiger partial charge < -0.3 is 78.5 Å². The Labute approximate surface area is 507 Å². The van der Waals surface area contributed by atoms with Crippen molar-refractivity contribution in [2.24, 2.45) is 17.8 Å². The van der Waals surface area contributed by atoms with Gasteiger partial charge in [-0.1, -0.05) is 68.4 Å². The Balaban J connectivity index is 1.18. The molecule has 25 heteroatoms. The number of nitrogens with zero attached hydrogens (tertiary/aromatic N) is 5. The van der Waals surface area contributed by atoms with E-state index in [1.165, 1.54) is 38.0 Å². The smallest absolute Gasteiger partial charge is 0.407 e. The van der Waals surface area contributed by atoms with Gasteiger partial charge in [0.25, 0.3) is 0 Å². The highest BCUT2D eigenvalue weighted by molar-refractivity contribution is 7.91. The minimum absolute atomic E-state index is 0.00273. The predicted octanol–water partition coefficient (Wildman–Crippen LogP) is 4.70. The maximum atomic E-state index is 15.1. The molecule has 6 rings (SSSR count). The van der Waals surface area contributed by atoms with Crippen molar-refractivity contribution in [2.45, 2.75) is 215 Å². The van der Waals surface area contributed by atoms with Crippen molar-refractivity contribution in [3.05, 3.63) is 77.6 Å². The molecule has 3 aliphatic heterocycles. The number of aliphatic hydroxyl groups is 5. The minimum atomic E-state index is -3.83. The molecule has 0 saturated carbocycles. The number of ether oxygens (including phenoxy) is 8. The Morgan fingerprint density at radius 2 is 1.63 bits per heavy atom. The van der Waals surface area contributed by atoms with Gasteiger partial charge in [0.05, 0.1) is 57.9 Å². The lowest BCUT2D eigenvalue weighted by molar-refractivity contribution is -0.318. The van der Waals surface area contributed by atoms with E-state index in [9.17, 15) is 43.5 Å². The van der Waals surface area contributed by atoms with Crippen molar-refractivity contribution in [3.8, 4) is 0 Å². The van der Waals surface area contributed by atoms with E-state index in [-0.39, 0.29) is 49.0 Å². The van der Waals surface area contributed by atoms with E-state index in [2.05, 4.69) is 15.6 Å². The predicted molar refractivity (Wildman–Crippen MR) is 315 cm³/mol. The van der Waals surface area contributed by atoms with E-state index in [4.69, 9.17) is 37.9 Å². The Kier molecular flexibility index (Phi) is 25.1. The average Bonchev–Trinajstić information content (AvgIpc) is 2.11. The number of benzene rings is 2. The molecule has 20 atom stereocenters. The van der Waals surface area contributed by atoms with Gasteiger partial charge in [-0.25, -0.2) is 22.3 Å². The van der Waals surface area contributed by atoms with Crippen LogP contribution in [0.15, 0.2) is 65.7 Å². The fourth-order valence-corrected chi connectivity index (χ4v) is 13.7. The Morgan fingerprint density at radius 1 is 0.953 bits per heavy atom. The number of methoxy groups -OCH3 is 2. The first kappa shape index (κ1) is 70.8. The number of alkyl halides is 1. The van der Waals surface area contributed by atoms with Crippen LogP contribution in [-0.2, 0) is 65.6 Å². The third-order valence-electron chi connectivity index (χ3n) is 17.9. The van der Waals surface area contributed by atoms with Gasteiger partial charge in [-0.2, -0.15) is 0 Å². The zero-order chi connectivity index (χ0) is 63.6. The zero-order valence-corrected chi connectivity index (χ0v) is 53.3. The Morgan fingerprint density at radius 3 is 2.26 bits per heavy atom. The summed E-state index contributed by atoms with van der Waals surface area (Å²) in [5.74, 6) is -3.39. The van der Waals surface area contributed by atoms with E-state index in [1.807, 2.05) is 55.9 Å². The quantitative estimate of drug-likeness (QED) is 0.0788. The van der Waals surface area contributed by atoms with Crippen LogP contribution in [0.1, 0.15) is 124 Å². The third-order valence-corrected chi connectivity index (χ3v) is 19.6. The summed E-state index contributed by atoms with van der Waals surface area (Å²) in [6.07, 6.45) is -9.68. The van der Waals surface area contributed by atoms with Gasteiger partial charge in [-0.15, -0.1) is 5.10 Å². The number of aromatic nitrogens is 3. The SMILES string of the molecule is CC[C@H]1OC(=O)[C@H](C)[C@@H](O[C@H]2C[C@@](C)(OC)[C@@H](O)[C@H](C)O2)[C@H](C)[C@@H](O[C@@H]2O[C@H](C)C[C@H](N(C)CCc3cn([C@H](CF)[C@H](OC)c4ccc(S(=O)(=O)CCNC(=O)OCc5ccccc5)cc4)nn3)[C@H]2O)[C@](C)(O)C[C@@H](C)CN(C)[C@H](C)[C@@H](O)[C@]1(C)O. The fourth-order valence-electron chi connectivity index (χ4n) is 12.6. The number of hydrogen-bond acceptors (Lipinski definition) is 21. The summed E-state index contributed by atoms with van der Waals surface area (Å²) in [6, 6.07) is 12.8. The number of cyclic esters (lactones) is 1. The number of carbonyl (C=O) groups excluding carboxylic acids is 2. The van der Waals surface area contributed by atoms with Crippen LogP contribution in [0.2, 0.25) is 0 Å². The summed E-state index contributed by atoms with van der Waals surface area (Å²) >= 11 is 0. The molecule has 3 aromatic rings. The van der Waals surface area contributed by atoms with Crippen molar-refractivity contribution in [1.29, 1.82) is 0 Å². The molecule has 0 spiro atoms. The van der Waals surface area contributed by atoms with Crippen LogP contribution in [-0.4, -0.2) is 221 Å². The molecule has 1 amide bonds. The summed E-state index contributed by atoms with van der Waals surface area (Å²) in [6.45, 7) is 16.9. The number of alkyl carbamates (subject to hydrolysis) is 1. The molecule has 0 unspecified atom stereocenters. The van der Waals surface area contributed by atoms with E-state index in [0.717, 1.165) is 5.56 Å². The first-order valence-corrected chi connectivity index (χ1v) is 31.6. The lowest BCUT2D eigenvalue weighted by Gasteiger charge is -2.49. The van der Waals surface area contributed by atoms with Crippen LogP contribution in [0.5, 0.6) is 0 Å². The topological polar surface area (TPSA) is 292 Å². The van der Waals surface area contributed by atoms with Crippen LogP contribution in [0, 0.1) is 17.8 Å². The molecule has 0 bridgehead atoms. The molecule has 0 aliphatic carbocycles. The number of nitrogens with one attached hydrogen (secondary N) is 1. The molecule has 1 aromatic heterocycles. The van der Waals surface area contributed by atoms with Crippen molar-refractivity contribution in [1.82, 2.24) is 30.1 Å². The third kappa shape index (κ3) is 17.3. The average molecular weight is 1240 g/mol. The van der Waals surface area contributed by atoms with Gasteiger partial charge in [-0.3, -0.25) is 4.79 Å². The zero-order valence-electron chi connectivity index (χ0n) is 52.5. The summed E-state index contributed by atoms with van der Waals surface area (Å²) in [4.78, 5) is 30.6. The van der Waals surface area contributed by atoms with Crippen LogP contribution in [0.3, 0.4) is 0 Å². The molecule has 4 heterocycles. The van der Waals surface area contributed by atoms with Gasteiger partial charge in [0.2, 0.25) is 0 Å². The van der Waals surface area contributed by atoms with Gasteiger partial charge in [0, 0.05) is 70.9 Å². The van der Waals surface area contributed by atoms with E-state index in [0.29, 0.717) is 37.2 Å². The number of hydrogen-bond donors (Lipinski definition) is 6. The molecule has 3 fully saturated rings. The van der Waals surface area contributed by atoms with E-state index in [1.54, 1.807) is 78.9 Å². The Bertz CT molecular complexity index is 2710. The number of carbonyl (C=O) groups is 2. The first-order chi connectivity index (χ1) is 40.4. The fraction of sp³-hybridized carbons (Fsp3) is 0.738. The van der Waals surface area contributed by atoms with Gasteiger partial charge in [0.15, 0.2) is 22.4 Å². The number of sulfone groups is 1. The second-order valence-corrected chi connectivity index (χ2v) is 27.0. The van der Waals surface area contributed by atoms with Gasteiger partial charge in [-0.05, 0) is 111 Å². The van der Waals surface area contributed by atoms with Crippen molar-refractivity contribution in [3.63, 3.8) is 0 Å². The molecule has 86 heavy (non-hydrogen) atoms. The highest BCUT2D eigenvalue weighted by atomic mass is 32.2. The van der Waals surface area contributed by atoms with E-state index >= 15 is 4.39 Å². The number of amides is 1. The van der Waals surface area contributed by atoms with Crippen molar-refractivity contribution >= 4 is 21.9 Å². The largest absolute Gasteiger partial charge is 0.459 e. The summed E-state index contributed by atoms with van der Waals surface area (Å²) in [5.41, 5.74) is -2.90. The van der Waals surface area contributed by atoms with E-state index < -0.39 is 143 Å². The second-order valence-electron chi connectivity index (χ2n) is 24.9. The lowest BCUT2D eigenvalue weighted by atomic mass is 9.77. The summed E-state index contributed by atoms with van der Waals surface area (Å²) < 4.78 is 92.2. The van der Waals surface area contributed by atoms with Crippen LogP contribution >= 0.6 is 0 Å². The highest BCUT2D eigenvalue weighted by Gasteiger charge is 2.53. The molecule has 0 radical (unpaired) electrons. The molecular weight excluding hydrogens is 1140 g/mol. The standard InChI is InChI=1S/C61H97FN6O17S/c1-15-48-61(10,75)53(70)40(6)67(12)33-36(2)30-59(8,74)55(38(4)51(39(5)56(72)83-48)84-49-31-60(9,79-14)54(71)41(7)82-49)85-57-50(69)46(29-37(3)81-57)66(11)27-25-44-34-68(65-64-44)47(32-62)52(78-13)43-21-23-45(24-22-43)86(76,77)28-26-63-58(73)80-35-42-19-17-16-18-20-42/h16-24,34,36-41,46-55,57,69-71,74-75H,15,25-33,35H2,1-14H3,(H,63,73)/t36-,37-,38+,39-,40-,41+,46+,47-,48-,49+,50-,51+,52-,53-,54+,55-,57+,59-,60-,61-/m1/s1. The molecule has 3 saturated heterocycles. The van der Waals surface area contributed by atoms with Crippen LogP contribution in [0.25, 0.3) is 0 Å². The normalized spacial score (nSPS) is 35.5. The van der Waals surface area contributed by atoms with Gasteiger partial charge >= 0.3 is 12.1 Å². The molecule has 2 aromatic carbocycles. The van der Waals surface area contributed by atoms with Crippen molar-refractivity contribution < 1.29 is 85.8 Å². The molecule has 23 nitrogen and oxygen atoms in total. The molecule has 486 valence electrons. The van der Waals surface area contributed by atoms with Gasteiger partial charge in [0.1, 0.15) is 55.4 Å². The Hall–Kier alpha value is -4.32.